The van der Waals surface area contributed by atoms with Gasteiger partial charge in [-0.25, -0.2) is 0 Å². The van der Waals surface area contributed by atoms with Gasteiger partial charge in [0.2, 0.25) is 0 Å². The zero-order chi connectivity index (χ0) is 15.2. The molecule has 21 heavy (non-hydrogen) atoms. The highest BCUT2D eigenvalue weighted by Crippen LogP contribution is 2.25. The molecular formula is C15H14Cl2N2O2. The molecule has 2 aromatic rings. The van der Waals surface area contributed by atoms with Gasteiger partial charge in [0.1, 0.15) is 5.75 Å². The first-order valence-corrected chi connectivity index (χ1v) is 7.01. The Morgan fingerprint density at radius 3 is 2.48 bits per heavy atom. The lowest BCUT2D eigenvalue weighted by Gasteiger charge is -2.09. The molecule has 0 aliphatic heterocycles. The molecular weight excluding hydrogens is 311 g/mol. The van der Waals surface area contributed by atoms with Crippen molar-refractivity contribution < 1.29 is 9.53 Å². The highest BCUT2D eigenvalue weighted by Gasteiger charge is 2.07. The zero-order valence-corrected chi connectivity index (χ0v) is 12.6. The molecule has 0 atom stereocenters. The van der Waals surface area contributed by atoms with E-state index in [1.54, 1.807) is 42.5 Å². The summed E-state index contributed by atoms with van der Waals surface area (Å²) >= 11 is 11.8. The van der Waals surface area contributed by atoms with E-state index in [1.807, 2.05) is 0 Å². The number of anilines is 1. The first-order valence-electron chi connectivity index (χ1n) is 6.25. The minimum atomic E-state index is -0.281. The van der Waals surface area contributed by atoms with E-state index in [1.165, 1.54) is 0 Å². The number of rotatable bonds is 5. The van der Waals surface area contributed by atoms with E-state index in [9.17, 15) is 4.79 Å². The molecule has 2 rings (SSSR count). The predicted octanol–water partition coefficient (Wildman–Crippen LogP) is 3.47. The molecule has 0 saturated heterocycles. The van der Waals surface area contributed by atoms with Crippen molar-refractivity contribution in [3.63, 3.8) is 0 Å². The molecule has 0 spiro atoms. The Balaban J connectivity index is 1.90. The van der Waals surface area contributed by atoms with Crippen LogP contribution in [-0.4, -0.2) is 12.5 Å². The summed E-state index contributed by atoms with van der Waals surface area (Å²) in [6.45, 7) is 0.265. The van der Waals surface area contributed by atoms with Crippen molar-refractivity contribution in [1.82, 2.24) is 0 Å². The summed E-state index contributed by atoms with van der Waals surface area (Å²) in [6.07, 6.45) is 0. The first-order chi connectivity index (χ1) is 10.1. The van der Waals surface area contributed by atoms with Crippen LogP contribution >= 0.6 is 23.2 Å². The van der Waals surface area contributed by atoms with Crippen LogP contribution in [0, 0.1) is 0 Å². The number of carbonyl (C=O) groups excluding carboxylic acids is 1. The van der Waals surface area contributed by atoms with Crippen molar-refractivity contribution in [2.24, 2.45) is 5.73 Å². The van der Waals surface area contributed by atoms with Gasteiger partial charge < -0.3 is 15.8 Å². The quantitative estimate of drug-likeness (QED) is 0.885. The maximum absolute atomic E-state index is 11.8. The summed E-state index contributed by atoms with van der Waals surface area (Å²) in [4.78, 5) is 11.8. The van der Waals surface area contributed by atoms with Crippen LogP contribution in [0.1, 0.15) is 5.56 Å². The molecule has 0 fully saturated rings. The number of benzene rings is 2. The summed E-state index contributed by atoms with van der Waals surface area (Å²) in [7, 11) is 0. The molecule has 2 aromatic carbocycles. The van der Waals surface area contributed by atoms with Gasteiger partial charge in [0.05, 0.1) is 5.02 Å². The molecule has 0 aliphatic rings. The summed E-state index contributed by atoms with van der Waals surface area (Å²) in [6, 6.07) is 12.0. The number of carbonyl (C=O) groups is 1. The third kappa shape index (κ3) is 4.63. The topological polar surface area (TPSA) is 64.3 Å². The maximum Gasteiger partial charge on any atom is 0.262 e. The number of ether oxygens (including phenoxy) is 1. The molecule has 110 valence electrons. The highest BCUT2D eigenvalue weighted by molar-refractivity contribution is 6.32. The Labute approximate surface area is 132 Å². The van der Waals surface area contributed by atoms with Crippen molar-refractivity contribution in [3.8, 4) is 5.75 Å². The number of amides is 1. The molecule has 4 nitrogen and oxygen atoms in total. The molecule has 0 aliphatic carbocycles. The Bertz CT molecular complexity index is 630. The largest absolute Gasteiger partial charge is 0.482 e. The molecule has 0 bridgehead atoms. The lowest BCUT2D eigenvalue weighted by molar-refractivity contribution is -0.118. The van der Waals surface area contributed by atoms with E-state index in [0.29, 0.717) is 28.0 Å². The van der Waals surface area contributed by atoms with Crippen LogP contribution < -0.4 is 15.8 Å². The van der Waals surface area contributed by atoms with Gasteiger partial charge in [-0.05, 0) is 42.0 Å². The van der Waals surface area contributed by atoms with Crippen molar-refractivity contribution >= 4 is 34.8 Å². The number of nitrogens with two attached hydrogens (primary N) is 1. The smallest absolute Gasteiger partial charge is 0.262 e. The van der Waals surface area contributed by atoms with Crippen molar-refractivity contribution in [2.45, 2.75) is 6.54 Å². The first kappa shape index (κ1) is 15.6. The van der Waals surface area contributed by atoms with Crippen molar-refractivity contribution in [3.05, 3.63) is 58.1 Å². The summed E-state index contributed by atoms with van der Waals surface area (Å²) < 4.78 is 5.38. The van der Waals surface area contributed by atoms with Crippen LogP contribution in [0.15, 0.2) is 42.5 Å². The van der Waals surface area contributed by atoms with Gasteiger partial charge >= 0.3 is 0 Å². The van der Waals surface area contributed by atoms with Crippen molar-refractivity contribution in [2.75, 3.05) is 11.9 Å². The standard InChI is InChI=1S/C15H14Cl2N2O2/c16-11-2-4-12(5-3-11)19-15(20)9-21-14-6-1-10(8-18)7-13(14)17/h1-7H,8-9,18H2,(H,19,20). The number of nitrogens with one attached hydrogen (secondary N) is 1. The fourth-order valence-electron chi connectivity index (χ4n) is 1.66. The molecule has 6 heteroatoms. The molecule has 0 heterocycles. The zero-order valence-electron chi connectivity index (χ0n) is 11.1. The maximum atomic E-state index is 11.8. The Morgan fingerprint density at radius 2 is 1.86 bits per heavy atom. The lowest BCUT2D eigenvalue weighted by Crippen LogP contribution is -2.20. The van der Waals surface area contributed by atoms with E-state index in [2.05, 4.69) is 5.32 Å². The second-order valence-corrected chi connectivity index (χ2v) is 5.16. The summed E-state index contributed by atoms with van der Waals surface area (Å²) in [5, 5.41) is 3.73. The third-order valence-corrected chi connectivity index (χ3v) is 3.27. The molecule has 0 radical (unpaired) electrons. The number of hydrogen-bond donors (Lipinski definition) is 2. The number of hydrogen-bond acceptors (Lipinski definition) is 3. The minimum Gasteiger partial charge on any atom is -0.482 e. The third-order valence-electron chi connectivity index (χ3n) is 2.72. The van der Waals surface area contributed by atoms with Gasteiger partial charge in [-0.1, -0.05) is 29.3 Å². The molecule has 0 aromatic heterocycles. The average Bonchev–Trinajstić information content (AvgIpc) is 2.48. The van der Waals surface area contributed by atoms with Crippen LogP contribution in [-0.2, 0) is 11.3 Å². The normalized spacial score (nSPS) is 10.2. The highest BCUT2D eigenvalue weighted by atomic mass is 35.5. The second kappa shape index (κ2) is 7.31. The summed E-state index contributed by atoms with van der Waals surface area (Å²) in [5.41, 5.74) is 7.07. The Kier molecular flexibility index (Phi) is 5.44. The Morgan fingerprint density at radius 1 is 1.14 bits per heavy atom. The van der Waals surface area contributed by atoms with E-state index < -0.39 is 0 Å². The van der Waals surface area contributed by atoms with E-state index >= 15 is 0 Å². The predicted molar refractivity (Wildman–Crippen MR) is 84.9 cm³/mol. The van der Waals surface area contributed by atoms with Gasteiger partial charge in [-0.2, -0.15) is 0 Å². The van der Waals surface area contributed by atoms with Gasteiger partial charge in [-0.3, -0.25) is 4.79 Å². The Hall–Kier alpha value is -1.75. The average molecular weight is 325 g/mol. The second-order valence-electron chi connectivity index (χ2n) is 4.31. The fraction of sp³-hybridized carbons (Fsp3) is 0.133. The van der Waals surface area contributed by atoms with Crippen LogP contribution in [0.4, 0.5) is 5.69 Å². The molecule has 0 saturated carbocycles. The van der Waals surface area contributed by atoms with E-state index in [0.717, 1.165) is 5.56 Å². The van der Waals surface area contributed by atoms with Gasteiger partial charge in [0.25, 0.3) is 5.91 Å². The van der Waals surface area contributed by atoms with Gasteiger partial charge in [-0.15, -0.1) is 0 Å². The lowest BCUT2D eigenvalue weighted by atomic mass is 10.2. The minimum absolute atomic E-state index is 0.135. The van der Waals surface area contributed by atoms with Crippen molar-refractivity contribution in [1.29, 1.82) is 0 Å². The van der Waals surface area contributed by atoms with E-state index in [4.69, 9.17) is 33.7 Å². The van der Waals surface area contributed by atoms with Crippen LogP contribution in [0.25, 0.3) is 0 Å². The molecule has 1 amide bonds. The molecule has 0 unspecified atom stereocenters. The van der Waals surface area contributed by atoms with Crippen LogP contribution in [0.2, 0.25) is 10.0 Å². The van der Waals surface area contributed by atoms with Gasteiger partial charge in [0, 0.05) is 17.3 Å². The summed E-state index contributed by atoms with van der Waals surface area (Å²) in [5.74, 6) is 0.163. The van der Waals surface area contributed by atoms with Gasteiger partial charge in [0.15, 0.2) is 6.61 Å². The SMILES string of the molecule is NCc1ccc(OCC(=O)Nc2ccc(Cl)cc2)c(Cl)c1. The van der Waals surface area contributed by atoms with Crippen LogP contribution in [0.3, 0.4) is 0 Å². The number of halogens is 2. The molecule has 3 N–H and O–H groups in total. The fourth-order valence-corrected chi connectivity index (χ4v) is 2.05. The van der Waals surface area contributed by atoms with E-state index in [-0.39, 0.29) is 12.5 Å². The monoisotopic (exact) mass is 324 g/mol. The van der Waals surface area contributed by atoms with Crippen LogP contribution in [0.5, 0.6) is 5.75 Å².